The highest BCUT2D eigenvalue weighted by atomic mass is 32.2. The van der Waals surface area contributed by atoms with Crippen molar-refractivity contribution >= 4 is 57.2 Å². The zero-order chi connectivity index (χ0) is 17.6. The molecule has 0 radical (unpaired) electrons. The number of nitrogens with zero attached hydrogens (tertiary/aromatic N) is 2. The molecule has 2 N–H and O–H groups in total. The van der Waals surface area contributed by atoms with Crippen LogP contribution in [0.2, 0.25) is 0 Å². The van der Waals surface area contributed by atoms with Crippen LogP contribution in [0.15, 0.2) is 33.5 Å². The predicted molar refractivity (Wildman–Crippen MR) is 101 cm³/mol. The Kier molecular flexibility index (Phi) is 5.84. The van der Waals surface area contributed by atoms with E-state index in [1.54, 1.807) is 24.3 Å². The monoisotopic (exact) mass is 394 g/mol. The molecule has 0 aliphatic rings. The summed E-state index contributed by atoms with van der Waals surface area (Å²) in [4.78, 5) is 29.1. The van der Waals surface area contributed by atoms with Gasteiger partial charge in [-0.2, -0.15) is 0 Å². The number of aryl methyl sites for hydroxylation is 1. The SMILES string of the molecule is Cc1cc(NC(=O)CSCC(=O)Nc2nc(-c3cccs3)cs2)no1. The summed E-state index contributed by atoms with van der Waals surface area (Å²) in [5.41, 5.74) is 0.852. The topological polar surface area (TPSA) is 97.1 Å². The van der Waals surface area contributed by atoms with Gasteiger partial charge in [-0.25, -0.2) is 4.98 Å². The Morgan fingerprint density at radius 3 is 2.72 bits per heavy atom. The molecule has 0 bridgehead atoms. The van der Waals surface area contributed by atoms with Gasteiger partial charge in [0.05, 0.1) is 22.1 Å². The molecule has 0 aliphatic heterocycles. The molecule has 7 nitrogen and oxygen atoms in total. The third-order valence-corrected chi connectivity index (χ3v) is 5.47. The van der Waals surface area contributed by atoms with E-state index in [-0.39, 0.29) is 23.3 Å². The van der Waals surface area contributed by atoms with Crippen LogP contribution in [0.4, 0.5) is 10.9 Å². The van der Waals surface area contributed by atoms with Gasteiger partial charge in [0, 0.05) is 11.4 Å². The molecule has 0 saturated heterocycles. The number of carbonyl (C=O) groups is 2. The van der Waals surface area contributed by atoms with E-state index in [0.29, 0.717) is 16.7 Å². The second-order valence-corrected chi connectivity index (χ2v) is 7.72. The maximum atomic E-state index is 11.9. The van der Waals surface area contributed by atoms with Gasteiger partial charge >= 0.3 is 0 Å². The molecule has 0 aromatic carbocycles. The lowest BCUT2D eigenvalue weighted by molar-refractivity contribution is -0.114. The molecule has 10 heteroatoms. The molecule has 0 saturated carbocycles. The lowest BCUT2D eigenvalue weighted by Crippen LogP contribution is -2.18. The van der Waals surface area contributed by atoms with E-state index < -0.39 is 0 Å². The minimum Gasteiger partial charge on any atom is -0.360 e. The van der Waals surface area contributed by atoms with Crippen LogP contribution in [0.25, 0.3) is 10.6 Å². The fourth-order valence-electron chi connectivity index (χ4n) is 1.86. The second-order valence-electron chi connectivity index (χ2n) is 4.93. The zero-order valence-corrected chi connectivity index (χ0v) is 15.6. The number of carbonyl (C=O) groups excluding carboxylic acids is 2. The lowest BCUT2D eigenvalue weighted by Gasteiger charge is -2.02. The molecule has 3 aromatic rings. The molecule has 3 aromatic heterocycles. The first-order valence-electron chi connectivity index (χ1n) is 7.20. The first-order valence-corrected chi connectivity index (χ1v) is 10.1. The number of aromatic nitrogens is 2. The summed E-state index contributed by atoms with van der Waals surface area (Å²) < 4.78 is 4.86. The van der Waals surface area contributed by atoms with Crippen molar-refractivity contribution in [2.24, 2.45) is 0 Å². The van der Waals surface area contributed by atoms with Crippen LogP contribution in [0, 0.1) is 6.92 Å². The van der Waals surface area contributed by atoms with Crippen LogP contribution in [0.1, 0.15) is 5.76 Å². The van der Waals surface area contributed by atoms with Crippen molar-refractivity contribution < 1.29 is 14.1 Å². The number of thiazole rings is 1. The Hall–Kier alpha value is -2.17. The average molecular weight is 395 g/mol. The summed E-state index contributed by atoms with van der Waals surface area (Å²) in [6.07, 6.45) is 0. The lowest BCUT2D eigenvalue weighted by atomic mass is 10.4. The summed E-state index contributed by atoms with van der Waals surface area (Å²) in [5.74, 6) is 0.878. The highest BCUT2D eigenvalue weighted by molar-refractivity contribution is 8.00. The van der Waals surface area contributed by atoms with Gasteiger partial charge in [0.2, 0.25) is 11.8 Å². The fourth-order valence-corrected chi connectivity index (χ4v) is 3.97. The van der Waals surface area contributed by atoms with Crippen molar-refractivity contribution in [2.45, 2.75) is 6.92 Å². The molecule has 3 rings (SSSR count). The predicted octanol–water partition coefficient (Wildman–Crippen LogP) is 3.48. The van der Waals surface area contributed by atoms with Gasteiger partial charge in [0.1, 0.15) is 5.76 Å². The molecular formula is C15H14N4O3S3. The number of thioether (sulfide) groups is 1. The highest BCUT2D eigenvalue weighted by Crippen LogP contribution is 2.28. The van der Waals surface area contributed by atoms with Crippen molar-refractivity contribution in [3.8, 4) is 10.6 Å². The maximum absolute atomic E-state index is 11.9. The van der Waals surface area contributed by atoms with Gasteiger partial charge in [0.25, 0.3) is 0 Å². The van der Waals surface area contributed by atoms with Gasteiger partial charge in [0.15, 0.2) is 10.9 Å². The molecule has 0 fully saturated rings. The third kappa shape index (κ3) is 5.15. The standard InChI is InChI=1S/C15H14N4O3S3/c1-9-5-12(19-22-9)17-13(20)7-23-8-14(21)18-15-16-10(6-25-15)11-3-2-4-24-11/h2-6H,7-8H2,1H3,(H,16,18,21)(H,17,19,20). The number of hydrogen-bond acceptors (Lipinski definition) is 8. The van der Waals surface area contributed by atoms with Crippen molar-refractivity contribution in [1.82, 2.24) is 10.1 Å². The molecule has 3 heterocycles. The Morgan fingerprint density at radius 2 is 2.04 bits per heavy atom. The van der Waals surface area contributed by atoms with E-state index in [2.05, 4.69) is 20.8 Å². The van der Waals surface area contributed by atoms with Gasteiger partial charge < -0.3 is 15.2 Å². The van der Waals surface area contributed by atoms with Crippen LogP contribution in [0.3, 0.4) is 0 Å². The zero-order valence-electron chi connectivity index (χ0n) is 13.1. The minimum absolute atomic E-state index is 0.150. The molecule has 0 atom stereocenters. The Morgan fingerprint density at radius 1 is 1.24 bits per heavy atom. The quantitative estimate of drug-likeness (QED) is 0.637. The molecule has 0 aliphatic carbocycles. The number of thiophene rings is 1. The number of amides is 2. The van der Waals surface area contributed by atoms with E-state index in [4.69, 9.17) is 4.52 Å². The molecule has 130 valence electrons. The number of nitrogens with one attached hydrogen (secondary N) is 2. The highest BCUT2D eigenvalue weighted by Gasteiger charge is 2.11. The number of hydrogen-bond donors (Lipinski definition) is 2. The van der Waals surface area contributed by atoms with Gasteiger partial charge in [-0.3, -0.25) is 9.59 Å². The maximum Gasteiger partial charge on any atom is 0.236 e. The summed E-state index contributed by atoms with van der Waals surface area (Å²) in [6, 6.07) is 5.57. The van der Waals surface area contributed by atoms with E-state index in [1.807, 2.05) is 22.9 Å². The van der Waals surface area contributed by atoms with Crippen LogP contribution >= 0.6 is 34.4 Å². The summed E-state index contributed by atoms with van der Waals surface area (Å²) in [6.45, 7) is 1.74. The molecule has 25 heavy (non-hydrogen) atoms. The van der Waals surface area contributed by atoms with Gasteiger partial charge in [-0.1, -0.05) is 11.2 Å². The van der Waals surface area contributed by atoms with Gasteiger partial charge in [-0.15, -0.1) is 34.4 Å². The number of anilines is 2. The van der Waals surface area contributed by atoms with Crippen LogP contribution in [0.5, 0.6) is 0 Å². The van der Waals surface area contributed by atoms with E-state index >= 15 is 0 Å². The summed E-state index contributed by atoms with van der Waals surface area (Å²) in [7, 11) is 0. The third-order valence-electron chi connectivity index (χ3n) is 2.89. The Balaban J connectivity index is 1.40. The summed E-state index contributed by atoms with van der Waals surface area (Å²) in [5, 5.41) is 13.5. The average Bonchev–Trinajstić information content (AvgIpc) is 3.29. The van der Waals surface area contributed by atoms with Crippen LogP contribution < -0.4 is 10.6 Å². The van der Waals surface area contributed by atoms with Crippen molar-refractivity contribution in [2.75, 3.05) is 22.1 Å². The van der Waals surface area contributed by atoms with Crippen molar-refractivity contribution in [3.05, 3.63) is 34.7 Å². The minimum atomic E-state index is -0.236. The molecule has 0 spiro atoms. The molecule has 2 amide bonds. The smallest absolute Gasteiger partial charge is 0.236 e. The fraction of sp³-hybridized carbons (Fsp3) is 0.200. The Labute approximate surface area is 155 Å². The second kappa shape index (κ2) is 8.28. The first kappa shape index (κ1) is 17.6. The Bertz CT molecular complexity index is 857. The van der Waals surface area contributed by atoms with Gasteiger partial charge in [-0.05, 0) is 18.4 Å². The largest absolute Gasteiger partial charge is 0.360 e. The number of rotatable bonds is 7. The van der Waals surface area contributed by atoms with Crippen LogP contribution in [-0.4, -0.2) is 33.5 Å². The molecular weight excluding hydrogens is 380 g/mol. The van der Waals surface area contributed by atoms with E-state index in [9.17, 15) is 9.59 Å². The van der Waals surface area contributed by atoms with E-state index in [1.165, 1.54) is 23.1 Å². The summed E-state index contributed by atoms with van der Waals surface area (Å²) >= 11 is 4.19. The van der Waals surface area contributed by atoms with E-state index in [0.717, 1.165) is 10.6 Å². The first-order chi connectivity index (χ1) is 12.1. The molecule has 0 unspecified atom stereocenters. The van der Waals surface area contributed by atoms with Crippen molar-refractivity contribution in [3.63, 3.8) is 0 Å². The normalized spacial score (nSPS) is 10.6. The van der Waals surface area contributed by atoms with Crippen molar-refractivity contribution in [1.29, 1.82) is 0 Å². The van der Waals surface area contributed by atoms with Crippen LogP contribution in [-0.2, 0) is 9.59 Å².